The minimum absolute atomic E-state index is 0.140. The van der Waals surface area contributed by atoms with Crippen molar-refractivity contribution in [2.24, 2.45) is 0 Å². The quantitative estimate of drug-likeness (QED) is 0.622. The van der Waals surface area contributed by atoms with Gasteiger partial charge in [0.05, 0.1) is 23.9 Å². The van der Waals surface area contributed by atoms with Crippen molar-refractivity contribution in [2.75, 3.05) is 20.2 Å². The van der Waals surface area contributed by atoms with Gasteiger partial charge in [-0.05, 0) is 49.1 Å². The molecule has 0 saturated heterocycles. The molecule has 2 amide bonds. The average Bonchev–Trinajstić information content (AvgIpc) is 2.80. The lowest BCUT2D eigenvalue weighted by Gasteiger charge is -2.29. The Morgan fingerprint density at radius 3 is 2.74 bits per heavy atom. The zero-order chi connectivity index (χ0) is 21.8. The fourth-order valence-electron chi connectivity index (χ4n) is 4.00. The maximum Gasteiger partial charge on any atom is 0.253 e. The summed E-state index contributed by atoms with van der Waals surface area (Å²) in [6.07, 6.45) is 1.94. The van der Waals surface area contributed by atoms with Crippen molar-refractivity contribution in [1.82, 2.24) is 15.2 Å². The molecule has 3 aromatic rings. The number of methoxy groups -OCH3 is 1. The molecule has 0 unspecified atom stereocenters. The Kier molecular flexibility index (Phi) is 6.16. The van der Waals surface area contributed by atoms with Crippen molar-refractivity contribution < 1.29 is 14.3 Å². The first kappa shape index (κ1) is 20.8. The number of ether oxygens (including phenoxy) is 1. The third-order valence-electron chi connectivity index (χ3n) is 5.80. The first-order chi connectivity index (χ1) is 15.0. The molecule has 31 heavy (non-hydrogen) atoms. The van der Waals surface area contributed by atoms with Gasteiger partial charge < -0.3 is 15.0 Å². The van der Waals surface area contributed by atoms with Crippen molar-refractivity contribution in [3.63, 3.8) is 0 Å². The Labute approximate surface area is 182 Å². The van der Waals surface area contributed by atoms with Gasteiger partial charge in [0, 0.05) is 37.5 Å². The van der Waals surface area contributed by atoms with E-state index in [1.54, 1.807) is 7.11 Å². The minimum atomic E-state index is -0.165. The number of aromatic nitrogens is 1. The largest absolute Gasteiger partial charge is 0.497 e. The van der Waals surface area contributed by atoms with Crippen LogP contribution in [0, 0.1) is 6.92 Å². The maximum atomic E-state index is 12.6. The Hall–Kier alpha value is -3.41. The van der Waals surface area contributed by atoms with Gasteiger partial charge in [-0.15, -0.1) is 0 Å². The van der Waals surface area contributed by atoms with Gasteiger partial charge in [0.25, 0.3) is 5.91 Å². The lowest BCUT2D eigenvalue weighted by molar-refractivity contribution is -0.132. The van der Waals surface area contributed by atoms with Crippen LogP contribution in [0.3, 0.4) is 0 Å². The predicted molar refractivity (Wildman–Crippen MR) is 120 cm³/mol. The van der Waals surface area contributed by atoms with Crippen molar-refractivity contribution in [2.45, 2.75) is 32.7 Å². The predicted octanol–water partition coefficient (Wildman–Crippen LogP) is 3.65. The molecule has 4 rings (SSSR count). The van der Waals surface area contributed by atoms with E-state index in [2.05, 4.69) is 22.4 Å². The van der Waals surface area contributed by atoms with Crippen LogP contribution in [-0.4, -0.2) is 41.9 Å². The lowest BCUT2D eigenvalue weighted by atomic mass is 9.99. The molecule has 6 nitrogen and oxygen atoms in total. The monoisotopic (exact) mass is 417 g/mol. The van der Waals surface area contributed by atoms with Crippen molar-refractivity contribution in [3.05, 3.63) is 70.9 Å². The van der Waals surface area contributed by atoms with Crippen LogP contribution in [0.5, 0.6) is 5.75 Å². The Bertz CT molecular complexity index is 1130. The van der Waals surface area contributed by atoms with Crippen molar-refractivity contribution in [3.8, 4) is 5.75 Å². The SMILES string of the molecule is COc1ccc2cc(C(=O)NCCCC(=O)N3CCc4ccccc4C3)c(C)nc2c1. The second-order valence-corrected chi connectivity index (χ2v) is 7.87. The van der Waals surface area contributed by atoms with Gasteiger partial charge in [-0.3, -0.25) is 14.6 Å². The van der Waals surface area contributed by atoms with Crippen LogP contribution in [0.1, 0.15) is 40.0 Å². The molecule has 1 aliphatic heterocycles. The second-order valence-electron chi connectivity index (χ2n) is 7.87. The molecule has 6 heteroatoms. The number of nitrogens with one attached hydrogen (secondary N) is 1. The van der Waals surface area contributed by atoms with Crippen LogP contribution in [-0.2, 0) is 17.8 Å². The zero-order valence-corrected chi connectivity index (χ0v) is 18.0. The number of fused-ring (bicyclic) bond motifs is 2. The molecule has 0 bridgehead atoms. The standard InChI is InChI=1S/C25H27N3O3/c1-17-22(14-19-9-10-21(31-2)15-23(19)27-17)25(30)26-12-5-8-24(29)28-13-11-18-6-3-4-7-20(18)16-28/h3-4,6-7,9-10,14-15H,5,8,11-13,16H2,1-2H3,(H,26,30). The van der Waals surface area contributed by atoms with E-state index in [-0.39, 0.29) is 11.8 Å². The Balaban J connectivity index is 1.29. The minimum Gasteiger partial charge on any atom is -0.497 e. The van der Waals surface area contributed by atoms with Crippen LogP contribution in [0.4, 0.5) is 0 Å². The van der Waals surface area contributed by atoms with Gasteiger partial charge in [-0.2, -0.15) is 0 Å². The van der Waals surface area contributed by atoms with Gasteiger partial charge in [0.15, 0.2) is 0 Å². The lowest BCUT2D eigenvalue weighted by Crippen LogP contribution is -2.36. The molecule has 2 aromatic carbocycles. The molecule has 0 aliphatic carbocycles. The number of hydrogen-bond donors (Lipinski definition) is 1. The highest BCUT2D eigenvalue weighted by molar-refractivity contribution is 5.98. The highest BCUT2D eigenvalue weighted by atomic mass is 16.5. The van der Waals surface area contributed by atoms with E-state index >= 15 is 0 Å². The number of carbonyl (C=O) groups is 2. The number of rotatable bonds is 6. The van der Waals surface area contributed by atoms with Gasteiger partial charge >= 0.3 is 0 Å². The van der Waals surface area contributed by atoms with Crippen LogP contribution in [0.25, 0.3) is 10.9 Å². The fraction of sp³-hybridized carbons (Fsp3) is 0.320. The number of hydrogen-bond acceptors (Lipinski definition) is 4. The normalized spacial score (nSPS) is 13.0. The average molecular weight is 418 g/mol. The molecule has 0 radical (unpaired) electrons. The molecule has 0 spiro atoms. The maximum absolute atomic E-state index is 12.6. The van der Waals surface area contributed by atoms with Gasteiger partial charge in [0.1, 0.15) is 5.75 Å². The third kappa shape index (κ3) is 4.68. The molecule has 160 valence electrons. The Morgan fingerprint density at radius 2 is 1.94 bits per heavy atom. The molecule has 0 fully saturated rings. The van der Waals surface area contributed by atoms with Crippen molar-refractivity contribution in [1.29, 1.82) is 0 Å². The second kappa shape index (κ2) is 9.16. The molecule has 0 saturated carbocycles. The molecule has 1 aromatic heterocycles. The highest BCUT2D eigenvalue weighted by Crippen LogP contribution is 2.22. The van der Waals surface area contributed by atoms with Crippen LogP contribution in [0.15, 0.2) is 48.5 Å². The summed E-state index contributed by atoms with van der Waals surface area (Å²) in [6, 6.07) is 15.7. The van der Waals surface area contributed by atoms with E-state index < -0.39 is 0 Å². The first-order valence-corrected chi connectivity index (χ1v) is 10.6. The van der Waals surface area contributed by atoms with E-state index in [1.165, 1.54) is 11.1 Å². The molecule has 1 aliphatic rings. The number of pyridine rings is 1. The van der Waals surface area contributed by atoms with Gasteiger partial charge in [-0.1, -0.05) is 24.3 Å². The molecule has 0 atom stereocenters. The van der Waals surface area contributed by atoms with E-state index in [9.17, 15) is 9.59 Å². The van der Waals surface area contributed by atoms with Crippen LogP contribution in [0.2, 0.25) is 0 Å². The first-order valence-electron chi connectivity index (χ1n) is 10.6. The van der Waals surface area contributed by atoms with Gasteiger partial charge in [-0.25, -0.2) is 0 Å². The van der Waals surface area contributed by atoms with E-state index in [4.69, 9.17) is 4.74 Å². The topological polar surface area (TPSA) is 71.5 Å². The Morgan fingerprint density at radius 1 is 1.13 bits per heavy atom. The van der Waals surface area contributed by atoms with E-state index in [0.29, 0.717) is 37.2 Å². The number of amides is 2. The zero-order valence-electron chi connectivity index (χ0n) is 18.0. The van der Waals surface area contributed by atoms with E-state index in [1.807, 2.05) is 48.2 Å². The number of nitrogens with zero attached hydrogens (tertiary/aromatic N) is 2. The fourth-order valence-corrected chi connectivity index (χ4v) is 4.00. The smallest absolute Gasteiger partial charge is 0.253 e. The van der Waals surface area contributed by atoms with Gasteiger partial charge in [0.2, 0.25) is 5.91 Å². The van der Waals surface area contributed by atoms with E-state index in [0.717, 1.165) is 29.6 Å². The third-order valence-corrected chi connectivity index (χ3v) is 5.80. The molecule has 1 N–H and O–H groups in total. The number of carbonyl (C=O) groups excluding carboxylic acids is 2. The van der Waals surface area contributed by atoms with Crippen LogP contribution >= 0.6 is 0 Å². The number of aryl methyl sites for hydroxylation is 1. The summed E-state index contributed by atoms with van der Waals surface area (Å²) in [6.45, 7) is 3.71. The summed E-state index contributed by atoms with van der Waals surface area (Å²) in [4.78, 5) is 31.7. The molecular weight excluding hydrogens is 390 g/mol. The summed E-state index contributed by atoms with van der Waals surface area (Å²) in [5, 5.41) is 3.81. The highest BCUT2D eigenvalue weighted by Gasteiger charge is 2.20. The number of benzene rings is 2. The summed E-state index contributed by atoms with van der Waals surface area (Å²) in [5.74, 6) is 0.710. The summed E-state index contributed by atoms with van der Waals surface area (Å²) < 4.78 is 5.24. The van der Waals surface area contributed by atoms with Crippen molar-refractivity contribution >= 4 is 22.7 Å². The summed E-state index contributed by atoms with van der Waals surface area (Å²) in [5.41, 5.74) is 4.57. The van der Waals surface area contributed by atoms with Crippen LogP contribution < -0.4 is 10.1 Å². The molecule has 2 heterocycles. The molecular formula is C25H27N3O3. The summed E-state index contributed by atoms with van der Waals surface area (Å²) in [7, 11) is 1.62. The summed E-state index contributed by atoms with van der Waals surface area (Å²) >= 11 is 0.